The van der Waals surface area contributed by atoms with Gasteiger partial charge in [-0.15, -0.1) is 0 Å². The summed E-state index contributed by atoms with van der Waals surface area (Å²) in [7, 11) is 0. The lowest BCUT2D eigenvalue weighted by molar-refractivity contribution is -0.305. The van der Waals surface area contributed by atoms with Crippen LogP contribution in [0.1, 0.15) is 18.4 Å². The zero-order valence-corrected chi connectivity index (χ0v) is 10.3. The fraction of sp³-hybridized carbons (Fsp3) is 0.273. The van der Waals surface area contributed by atoms with E-state index in [-0.39, 0.29) is 18.7 Å². The minimum atomic E-state index is -1.22. The van der Waals surface area contributed by atoms with Crippen LogP contribution >= 0.6 is 15.9 Å². The summed E-state index contributed by atoms with van der Waals surface area (Å²) in [5, 5.41) is 12.8. The van der Waals surface area contributed by atoms with Crippen LogP contribution in [0.2, 0.25) is 0 Å². The minimum absolute atomic E-state index is 0.0756. The Balaban J connectivity index is 2.56. The van der Waals surface area contributed by atoms with Crippen LogP contribution in [-0.4, -0.2) is 11.9 Å². The Morgan fingerprint density at radius 2 is 2.06 bits per heavy atom. The van der Waals surface area contributed by atoms with Crippen LogP contribution in [0.5, 0.6) is 0 Å². The number of carboxylic acids is 1. The maximum atomic E-state index is 11.3. The average Bonchev–Trinajstić information content (AvgIpc) is 2.21. The third-order valence-corrected chi connectivity index (χ3v) is 2.87. The summed E-state index contributed by atoms with van der Waals surface area (Å²) in [4.78, 5) is 21.5. The molecular formula is C11H11BrNO3-. The van der Waals surface area contributed by atoms with Gasteiger partial charge in [-0.3, -0.25) is 4.79 Å². The van der Waals surface area contributed by atoms with Crippen molar-refractivity contribution in [2.45, 2.75) is 19.8 Å². The third-order valence-electron chi connectivity index (χ3n) is 2.01. The van der Waals surface area contributed by atoms with Crippen molar-refractivity contribution in [1.82, 2.24) is 0 Å². The maximum absolute atomic E-state index is 11.3. The monoisotopic (exact) mass is 284 g/mol. The van der Waals surface area contributed by atoms with Crippen molar-refractivity contribution in [1.29, 1.82) is 0 Å². The van der Waals surface area contributed by atoms with E-state index < -0.39 is 5.97 Å². The molecular weight excluding hydrogens is 274 g/mol. The predicted octanol–water partition coefficient (Wildman–Crippen LogP) is 1.23. The van der Waals surface area contributed by atoms with E-state index in [1.165, 1.54) is 0 Å². The van der Waals surface area contributed by atoms with Crippen LogP contribution in [0.25, 0.3) is 0 Å². The molecule has 1 aromatic carbocycles. The molecule has 0 spiro atoms. The SMILES string of the molecule is Cc1ccc(NC(=O)CCC(=O)[O-])cc1Br. The Kier molecular flexibility index (Phi) is 4.49. The van der Waals surface area contributed by atoms with Gasteiger partial charge in [0.1, 0.15) is 0 Å². The predicted molar refractivity (Wildman–Crippen MR) is 61.7 cm³/mol. The Hall–Kier alpha value is -1.36. The number of anilines is 1. The Morgan fingerprint density at radius 1 is 1.38 bits per heavy atom. The van der Waals surface area contributed by atoms with Crippen LogP contribution in [0.4, 0.5) is 5.69 Å². The summed E-state index contributed by atoms with van der Waals surface area (Å²) in [5.41, 5.74) is 1.70. The third kappa shape index (κ3) is 4.02. The van der Waals surface area contributed by atoms with E-state index in [0.717, 1.165) is 10.0 Å². The van der Waals surface area contributed by atoms with Gasteiger partial charge in [0, 0.05) is 22.6 Å². The molecule has 86 valence electrons. The van der Waals surface area contributed by atoms with Gasteiger partial charge >= 0.3 is 0 Å². The zero-order valence-electron chi connectivity index (χ0n) is 8.75. The second-order valence-electron chi connectivity index (χ2n) is 3.38. The van der Waals surface area contributed by atoms with Crippen molar-refractivity contribution >= 4 is 33.5 Å². The van der Waals surface area contributed by atoms with E-state index in [2.05, 4.69) is 21.2 Å². The summed E-state index contributed by atoms with van der Waals surface area (Å²) in [5.74, 6) is -1.56. The zero-order chi connectivity index (χ0) is 12.1. The number of amides is 1. The van der Waals surface area contributed by atoms with Gasteiger partial charge in [0.25, 0.3) is 0 Å². The molecule has 5 heteroatoms. The summed E-state index contributed by atoms with van der Waals surface area (Å²) in [6.45, 7) is 1.94. The van der Waals surface area contributed by atoms with Crippen molar-refractivity contribution in [2.24, 2.45) is 0 Å². The number of nitrogens with one attached hydrogen (secondary N) is 1. The molecule has 1 rings (SSSR count). The first-order chi connectivity index (χ1) is 7.49. The molecule has 0 atom stereocenters. The van der Waals surface area contributed by atoms with E-state index in [0.29, 0.717) is 5.69 Å². The van der Waals surface area contributed by atoms with E-state index in [1.807, 2.05) is 13.0 Å². The first kappa shape index (κ1) is 12.7. The number of aryl methyl sites for hydroxylation is 1. The highest BCUT2D eigenvalue weighted by Crippen LogP contribution is 2.20. The molecule has 0 fully saturated rings. The van der Waals surface area contributed by atoms with Gasteiger partial charge in [-0.2, -0.15) is 0 Å². The molecule has 0 aliphatic heterocycles. The summed E-state index contributed by atoms with van der Waals surface area (Å²) in [6, 6.07) is 5.39. The molecule has 4 nitrogen and oxygen atoms in total. The molecule has 0 unspecified atom stereocenters. The van der Waals surface area contributed by atoms with Crippen LogP contribution in [0.15, 0.2) is 22.7 Å². The molecule has 0 heterocycles. The van der Waals surface area contributed by atoms with Crippen LogP contribution in [0.3, 0.4) is 0 Å². The number of carbonyl (C=O) groups is 2. The van der Waals surface area contributed by atoms with Gasteiger partial charge in [0.05, 0.1) is 0 Å². The molecule has 0 bridgehead atoms. The van der Waals surface area contributed by atoms with Gasteiger partial charge in [0.2, 0.25) is 5.91 Å². The van der Waals surface area contributed by atoms with Crippen LogP contribution < -0.4 is 10.4 Å². The Bertz CT molecular complexity index is 418. The topological polar surface area (TPSA) is 69.2 Å². The number of benzene rings is 1. The summed E-state index contributed by atoms with van der Waals surface area (Å²) in [6.07, 6.45) is -0.341. The summed E-state index contributed by atoms with van der Waals surface area (Å²) < 4.78 is 0.894. The van der Waals surface area contributed by atoms with Gasteiger partial charge < -0.3 is 15.2 Å². The molecule has 0 radical (unpaired) electrons. The van der Waals surface area contributed by atoms with Crippen LogP contribution in [0, 0.1) is 6.92 Å². The fourth-order valence-corrected chi connectivity index (χ4v) is 1.49. The molecule has 1 aromatic rings. The lowest BCUT2D eigenvalue weighted by Gasteiger charge is -2.07. The average molecular weight is 285 g/mol. The van der Waals surface area contributed by atoms with Crippen LogP contribution in [-0.2, 0) is 9.59 Å². The molecule has 1 amide bonds. The fourth-order valence-electron chi connectivity index (χ4n) is 1.11. The highest BCUT2D eigenvalue weighted by Gasteiger charge is 2.03. The molecule has 0 saturated carbocycles. The van der Waals surface area contributed by atoms with Gasteiger partial charge in [-0.05, 0) is 31.0 Å². The number of hydrogen-bond donors (Lipinski definition) is 1. The van der Waals surface area contributed by atoms with E-state index in [4.69, 9.17) is 0 Å². The van der Waals surface area contributed by atoms with E-state index in [1.54, 1.807) is 12.1 Å². The van der Waals surface area contributed by atoms with E-state index in [9.17, 15) is 14.7 Å². The highest BCUT2D eigenvalue weighted by atomic mass is 79.9. The number of hydrogen-bond acceptors (Lipinski definition) is 3. The standard InChI is InChI=1S/C11H12BrNO3/c1-7-2-3-8(6-9(7)12)13-10(14)4-5-11(15)16/h2-3,6H,4-5H2,1H3,(H,13,14)(H,15,16)/p-1. The molecule has 0 aromatic heterocycles. The second kappa shape index (κ2) is 5.65. The quantitative estimate of drug-likeness (QED) is 0.904. The molecule has 0 aliphatic carbocycles. The second-order valence-corrected chi connectivity index (χ2v) is 4.24. The van der Waals surface area contributed by atoms with Crippen molar-refractivity contribution in [3.05, 3.63) is 28.2 Å². The van der Waals surface area contributed by atoms with Crippen molar-refractivity contribution in [3.63, 3.8) is 0 Å². The maximum Gasteiger partial charge on any atom is 0.224 e. The lowest BCUT2D eigenvalue weighted by Crippen LogP contribution is -2.24. The van der Waals surface area contributed by atoms with Crippen molar-refractivity contribution in [3.8, 4) is 0 Å². The smallest absolute Gasteiger partial charge is 0.224 e. The van der Waals surface area contributed by atoms with E-state index >= 15 is 0 Å². The molecule has 16 heavy (non-hydrogen) atoms. The minimum Gasteiger partial charge on any atom is -0.550 e. The lowest BCUT2D eigenvalue weighted by atomic mass is 10.2. The van der Waals surface area contributed by atoms with Gasteiger partial charge in [0.15, 0.2) is 0 Å². The van der Waals surface area contributed by atoms with Gasteiger partial charge in [-0.25, -0.2) is 0 Å². The number of rotatable bonds is 4. The number of aliphatic carboxylic acids is 1. The molecule has 0 aliphatic rings. The Morgan fingerprint density at radius 3 is 2.62 bits per heavy atom. The van der Waals surface area contributed by atoms with Crippen molar-refractivity contribution < 1.29 is 14.7 Å². The number of carbonyl (C=O) groups excluding carboxylic acids is 2. The summed E-state index contributed by atoms with van der Waals surface area (Å²) >= 11 is 3.34. The van der Waals surface area contributed by atoms with Crippen molar-refractivity contribution in [2.75, 3.05) is 5.32 Å². The molecule has 0 saturated heterocycles. The molecule has 1 N–H and O–H groups in total. The normalized spacial score (nSPS) is 9.88. The highest BCUT2D eigenvalue weighted by molar-refractivity contribution is 9.10. The first-order valence-electron chi connectivity index (χ1n) is 4.75. The first-order valence-corrected chi connectivity index (χ1v) is 5.54. The largest absolute Gasteiger partial charge is 0.550 e. The number of carboxylic acid groups (broad SMARTS) is 1. The van der Waals surface area contributed by atoms with Gasteiger partial charge in [-0.1, -0.05) is 22.0 Å². The number of halogens is 1. The Labute approximate surface area is 102 Å².